The zero-order valence-corrected chi connectivity index (χ0v) is 16.4. The summed E-state index contributed by atoms with van der Waals surface area (Å²) in [7, 11) is 2.01. The van der Waals surface area contributed by atoms with Gasteiger partial charge in [-0.25, -0.2) is 4.68 Å². The third-order valence-electron chi connectivity index (χ3n) is 4.42. The van der Waals surface area contributed by atoms with Gasteiger partial charge >= 0.3 is 0 Å². The summed E-state index contributed by atoms with van der Waals surface area (Å²) in [4.78, 5) is 21.7. The summed E-state index contributed by atoms with van der Waals surface area (Å²) >= 11 is 4.25. The highest BCUT2D eigenvalue weighted by molar-refractivity contribution is 7.90. The fraction of sp³-hybridized carbons (Fsp3) is 0.190. The summed E-state index contributed by atoms with van der Waals surface area (Å²) in [5.41, 5.74) is 8.61. The lowest BCUT2D eigenvalue weighted by Gasteiger charge is -2.05. The molecule has 1 amide bonds. The molecule has 1 aliphatic carbocycles. The Balaban J connectivity index is 0.000000391. The quantitative estimate of drug-likeness (QED) is 0.352. The summed E-state index contributed by atoms with van der Waals surface area (Å²) < 4.78 is 1.54. The lowest BCUT2D eigenvalue weighted by Crippen LogP contribution is -2.08. The van der Waals surface area contributed by atoms with Crippen molar-refractivity contribution in [1.29, 1.82) is 0 Å². The first-order chi connectivity index (χ1) is 13.5. The number of nitrogens with two attached hydrogens (primary N) is 1. The maximum atomic E-state index is 11.0. The van der Waals surface area contributed by atoms with Gasteiger partial charge in [-0.2, -0.15) is 5.10 Å². The first-order valence-electron chi connectivity index (χ1n) is 8.93. The topological polar surface area (TPSA) is 90.0 Å². The molecule has 28 heavy (non-hydrogen) atoms. The lowest BCUT2D eigenvalue weighted by molar-refractivity contribution is -0.113. The molecular weight excluding hydrogens is 372 g/mol. The van der Waals surface area contributed by atoms with Gasteiger partial charge in [-0.3, -0.25) is 9.59 Å². The third-order valence-corrected chi connectivity index (χ3v) is 4.74. The Labute approximate surface area is 168 Å². The van der Waals surface area contributed by atoms with Crippen LogP contribution in [0.2, 0.25) is 0 Å². The van der Waals surface area contributed by atoms with Crippen LogP contribution in [0, 0.1) is 0 Å². The molecule has 1 aliphatic rings. The summed E-state index contributed by atoms with van der Waals surface area (Å²) in [6.07, 6.45) is 6.52. The van der Waals surface area contributed by atoms with Crippen LogP contribution < -0.4 is 11.1 Å². The lowest BCUT2D eigenvalue weighted by atomic mass is 10.0. The smallest absolute Gasteiger partial charge is 0.244 e. The van der Waals surface area contributed by atoms with Crippen LogP contribution >= 0.6 is 12.6 Å². The third kappa shape index (κ3) is 4.88. The number of primary amides is 1. The van der Waals surface area contributed by atoms with Crippen molar-refractivity contribution in [2.45, 2.75) is 18.9 Å². The molecular formula is C21H22N4O2S. The first kappa shape index (κ1) is 19.9. The number of aromatic nitrogens is 2. The average Bonchev–Trinajstić information content (AvgIpc) is 3.45. The second kappa shape index (κ2) is 8.86. The summed E-state index contributed by atoms with van der Waals surface area (Å²) in [5, 5.41) is 8.63. The van der Waals surface area contributed by atoms with Gasteiger partial charge < -0.3 is 11.1 Å². The van der Waals surface area contributed by atoms with E-state index in [-0.39, 0.29) is 0 Å². The number of fused-ring (bicyclic) bond motifs is 1. The molecule has 4 rings (SSSR count). The minimum absolute atomic E-state index is 0.357. The predicted octanol–water partition coefficient (Wildman–Crippen LogP) is 3.10. The van der Waals surface area contributed by atoms with Crippen molar-refractivity contribution in [3.8, 4) is 11.1 Å². The van der Waals surface area contributed by atoms with Crippen LogP contribution in [0.3, 0.4) is 0 Å². The SMILES string of the molecule is CNC1CC1.NC(=O)/C=C(\S)n1ncc2cc(-c3ccc(C=O)cc3)ccc21. The van der Waals surface area contributed by atoms with E-state index in [0.717, 1.165) is 34.4 Å². The molecule has 3 N–H and O–H groups in total. The molecule has 6 nitrogen and oxygen atoms in total. The Bertz CT molecular complexity index is 1020. The van der Waals surface area contributed by atoms with E-state index < -0.39 is 5.91 Å². The number of hydrogen-bond acceptors (Lipinski definition) is 5. The molecule has 0 unspecified atom stereocenters. The standard InChI is InChI=1S/C17H13N3O2S.C4H9N/c18-16(22)8-17(23)20-15-6-5-13(7-14(15)9-19-20)12-3-1-11(10-21)2-4-12;1-5-4-2-3-4/h1-10,23H,(H2,18,22);4-5H,2-3H2,1H3/b17-8-;. The molecule has 1 fully saturated rings. The van der Waals surface area contributed by atoms with Crippen molar-refractivity contribution < 1.29 is 9.59 Å². The van der Waals surface area contributed by atoms with Gasteiger partial charge in [0.15, 0.2) is 0 Å². The number of thiol groups is 1. The highest BCUT2D eigenvalue weighted by Gasteiger charge is 2.17. The van der Waals surface area contributed by atoms with Crippen LogP contribution in [0.1, 0.15) is 23.2 Å². The van der Waals surface area contributed by atoms with Crippen LogP contribution in [0.4, 0.5) is 0 Å². The molecule has 1 aromatic heterocycles. The Morgan fingerprint density at radius 3 is 2.43 bits per heavy atom. The number of rotatable bonds is 5. The zero-order valence-electron chi connectivity index (χ0n) is 15.5. The second-order valence-corrected chi connectivity index (χ2v) is 7.00. The van der Waals surface area contributed by atoms with Crippen molar-refractivity contribution in [3.63, 3.8) is 0 Å². The minimum atomic E-state index is -0.578. The van der Waals surface area contributed by atoms with E-state index >= 15 is 0 Å². The van der Waals surface area contributed by atoms with Crippen LogP contribution in [-0.2, 0) is 4.79 Å². The normalized spacial score (nSPS) is 13.7. The number of hydrogen-bond donors (Lipinski definition) is 3. The minimum Gasteiger partial charge on any atom is -0.366 e. The van der Waals surface area contributed by atoms with Crippen molar-refractivity contribution in [2.75, 3.05) is 7.05 Å². The van der Waals surface area contributed by atoms with Crippen LogP contribution in [0.5, 0.6) is 0 Å². The predicted molar refractivity (Wildman–Crippen MR) is 115 cm³/mol. The molecule has 0 radical (unpaired) electrons. The maximum Gasteiger partial charge on any atom is 0.244 e. The zero-order chi connectivity index (χ0) is 20.1. The highest BCUT2D eigenvalue weighted by atomic mass is 32.1. The molecule has 0 spiro atoms. The largest absolute Gasteiger partial charge is 0.366 e. The van der Waals surface area contributed by atoms with E-state index in [1.54, 1.807) is 23.0 Å². The van der Waals surface area contributed by atoms with E-state index in [4.69, 9.17) is 5.73 Å². The Morgan fingerprint density at radius 2 is 1.89 bits per heavy atom. The van der Waals surface area contributed by atoms with Gasteiger partial charge in [-0.15, -0.1) is 12.6 Å². The monoisotopic (exact) mass is 394 g/mol. The molecule has 1 heterocycles. The van der Waals surface area contributed by atoms with E-state index in [9.17, 15) is 9.59 Å². The Hall–Kier alpha value is -2.90. The maximum absolute atomic E-state index is 11.0. The Kier molecular flexibility index (Phi) is 6.28. The summed E-state index contributed by atoms with van der Waals surface area (Å²) in [6.45, 7) is 0. The van der Waals surface area contributed by atoms with Crippen molar-refractivity contribution in [1.82, 2.24) is 15.1 Å². The van der Waals surface area contributed by atoms with Crippen LogP contribution in [0.25, 0.3) is 27.1 Å². The highest BCUT2D eigenvalue weighted by Crippen LogP contribution is 2.26. The average molecular weight is 395 g/mol. The fourth-order valence-corrected chi connectivity index (χ4v) is 3.00. The van der Waals surface area contributed by atoms with Gasteiger partial charge in [-0.1, -0.05) is 30.3 Å². The van der Waals surface area contributed by atoms with Gasteiger partial charge in [0.1, 0.15) is 11.3 Å². The van der Waals surface area contributed by atoms with Gasteiger partial charge in [-0.05, 0) is 43.1 Å². The molecule has 3 aromatic rings. The van der Waals surface area contributed by atoms with Gasteiger partial charge in [0, 0.05) is 23.1 Å². The van der Waals surface area contributed by atoms with Gasteiger partial charge in [0.25, 0.3) is 0 Å². The van der Waals surface area contributed by atoms with Crippen molar-refractivity contribution in [3.05, 3.63) is 60.3 Å². The molecule has 0 bridgehead atoms. The number of aldehydes is 1. The molecule has 1 saturated carbocycles. The van der Waals surface area contributed by atoms with Crippen molar-refractivity contribution >= 4 is 40.8 Å². The summed E-state index contributed by atoms with van der Waals surface area (Å²) in [6, 6.07) is 14.1. The molecule has 0 saturated heterocycles. The van der Waals surface area contributed by atoms with E-state index in [1.807, 2.05) is 37.4 Å². The first-order valence-corrected chi connectivity index (χ1v) is 9.37. The number of benzene rings is 2. The van der Waals surface area contributed by atoms with E-state index in [2.05, 4.69) is 23.0 Å². The number of nitrogens with one attached hydrogen (secondary N) is 1. The van der Waals surface area contributed by atoms with Crippen LogP contribution in [-0.4, -0.2) is 35.1 Å². The number of amides is 1. The number of nitrogens with zero attached hydrogens (tertiary/aromatic N) is 2. The molecule has 7 heteroatoms. The van der Waals surface area contributed by atoms with E-state index in [0.29, 0.717) is 10.6 Å². The second-order valence-electron chi connectivity index (χ2n) is 6.54. The van der Waals surface area contributed by atoms with Gasteiger partial charge in [0.2, 0.25) is 5.91 Å². The summed E-state index contributed by atoms with van der Waals surface area (Å²) in [5.74, 6) is -0.578. The van der Waals surface area contributed by atoms with E-state index in [1.165, 1.54) is 18.9 Å². The van der Waals surface area contributed by atoms with Gasteiger partial charge in [0.05, 0.1) is 11.7 Å². The molecule has 0 aliphatic heterocycles. The number of carbonyl (C=O) groups excluding carboxylic acids is 2. The molecule has 144 valence electrons. The van der Waals surface area contributed by atoms with Crippen LogP contribution in [0.15, 0.2) is 54.7 Å². The van der Waals surface area contributed by atoms with Crippen molar-refractivity contribution in [2.24, 2.45) is 5.73 Å². The number of carbonyl (C=O) groups is 2. The fourth-order valence-electron chi connectivity index (χ4n) is 2.71. The molecule has 2 aromatic carbocycles. The Morgan fingerprint density at radius 1 is 1.21 bits per heavy atom. The molecule has 0 atom stereocenters.